The summed E-state index contributed by atoms with van der Waals surface area (Å²) in [5.74, 6) is 0.777. The number of amides is 2. The number of piperidine rings is 1. The predicted molar refractivity (Wildman–Crippen MR) is 129 cm³/mol. The van der Waals surface area contributed by atoms with Crippen molar-refractivity contribution >= 4 is 22.6 Å². The van der Waals surface area contributed by atoms with Crippen LogP contribution < -0.4 is 25.1 Å². The number of rotatable bonds is 7. The minimum absolute atomic E-state index is 0.0604. The number of H-pyrrole nitrogens is 1. The van der Waals surface area contributed by atoms with Gasteiger partial charge in [-0.2, -0.15) is 5.10 Å². The van der Waals surface area contributed by atoms with Gasteiger partial charge < -0.3 is 24.4 Å². The third kappa shape index (κ3) is 5.06. The smallest absolute Gasteiger partial charge is 0.272 e. The lowest BCUT2D eigenvalue weighted by Gasteiger charge is -2.33. The molecule has 2 heterocycles. The zero-order chi connectivity index (χ0) is 24.9. The number of ether oxygens (including phenoxy) is 3. The summed E-state index contributed by atoms with van der Waals surface area (Å²) in [4.78, 5) is 39.8. The van der Waals surface area contributed by atoms with Gasteiger partial charge in [0.15, 0.2) is 11.5 Å². The highest BCUT2D eigenvalue weighted by Crippen LogP contribution is 2.38. The summed E-state index contributed by atoms with van der Waals surface area (Å²) in [6.07, 6.45) is 1.57. The summed E-state index contributed by atoms with van der Waals surface area (Å²) in [6.45, 7) is 0.979. The van der Waals surface area contributed by atoms with Gasteiger partial charge in [0.1, 0.15) is 0 Å². The molecule has 0 aliphatic carbocycles. The maximum absolute atomic E-state index is 13.1. The molecular formula is C25H28N4O6. The lowest BCUT2D eigenvalue weighted by Crippen LogP contribution is -2.50. The van der Waals surface area contributed by atoms with E-state index in [9.17, 15) is 14.4 Å². The normalized spacial score (nSPS) is 15.5. The molecule has 1 saturated heterocycles. The van der Waals surface area contributed by atoms with E-state index < -0.39 is 0 Å². The number of fused-ring (bicyclic) bond motifs is 1. The molecule has 2 aromatic carbocycles. The summed E-state index contributed by atoms with van der Waals surface area (Å²) < 4.78 is 16.0. The minimum Gasteiger partial charge on any atom is -0.493 e. The van der Waals surface area contributed by atoms with E-state index in [0.29, 0.717) is 52.4 Å². The van der Waals surface area contributed by atoms with Crippen LogP contribution >= 0.6 is 0 Å². The monoisotopic (exact) mass is 480 g/mol. The first kappa shape index (κ1) is 24.1. The van der Waals surface area contributed by atoms with Crippen molar-refractivity contribution in [3.05, 3.63) is 58.0 Å². The van der Waals surface area contributed by atoms with Crippen LogP contribution in [0.25, 0.3) is 10.8 Å². The van der Waals surface area contributed by atoms with Gasteiger partial charge >= 0.3 is 0 Å². The van der Waals surface area contributed by atoms with Crippen LogP contribution in [-0.2, 0) is 11.2 Å². The van der Waals surface area contributed by atoms with E-state index in [2.05, 4.69) is 15.5 Å². The molecule has 0 radical (unpaired) electrons. The highest BCUT2D eigenvalue weighted by molar-refractivity contribution is 5.96. The van der Waals surface area contributed by atoms with Crippen molar-refractivity contribution in [2.75, 3.05) is 34.4 Å². The molecule has 1 fully saturated rings. The van der Waals surface area contributed by atoms with Crippen molar-refractivity contribution in [3.63, 3.8) is 0 Å². The number of hydrogen-bond donors (Lipinski definition) is 2. The zero-order valence-corrected chi connectivity index (χ0v) is 19.9. The Labute approximate surface area is 202 Å². The summed E-state index contributed by atoms with van der Waals surface area (Å²) in [5.41, 5.74) is 0.602. The van der Waals surface area contributed by atoms with Crippen LogP contribution in [0, 0.1) is 0 Å². The third-order valence-corrected chi connectivity index (χ3v) is 6.13. The van der Waals surface area contributed by atoms with E-state index >= 15 is 0 Å². The van der Waals surface area contributed by atoms with Crippen LogP contribution in [0.2, 0.25) is 0 Å². The molecule has 1 aromatic heterocycles. The number of carbonyl (C=O) groups excluding carboxylic acids is 2. The number of methoxy groups -OCH3 is 3. The molecule has 0 bridgehead atoms. The molecule has 184 valence electrons. The number of benzene rings is 2. The molecule has 1 aliphatic heterocycles. The van der Waals surface area contributed by atoms with Gasteiger partial charge in [0.25, 0.3) is 11.5 Å². The first-order valence-corrected chi connectivity index (χ1v) is 11.3. The molecule has 35 heavy (non-hydrogen) atoms. The average molecular weight is 481 g/mol. The van der Waals surface area contributed by atoms with E-state index in [1.54, 1.807) is 35.2 Å². The summed E-state index contributed by atoms with van der Waals surface area (Å²) in [5, 5.41) is 10.7. The Hall–Kier alpha value is -4.08. The molecule has 10 nitrogen and oxygen atoms in total. The Balaban J connectivity index is 1.45. The number of nitrogens with zero attached hydrogens (tertiary/aromatic N) is 2. The van der Waals surface area contributed by atoms with Crippen LogP contribution in [0.15, 0.2) is 41.2 Å². The Morgan fingerprint density at radius 3 is 2.43 bits per heavy atom. The summed E-state index contributed by atoms with van der Waals surface area (Å²) >= 11 is 0. The average Bonchev–Trinajstić information content (AvgIpc) is 2.89. The van der Waals surface area contributed by atoms with E-state index in [1.807, 2.05) is 6.07 Å². The maximum atomic E-state index is 13.1. The van der Waals surface area contributed by atoms with Gasteiger partial charge in [0.05, 0.1) is 38.8 Å². The Bertz CT molecular complexity index is 1280. The lowest BCUT2D eigenvalue weighted by atomic mass is 10.0. The molecule has 1 atom stereocenters. The van der Waals surface area contributed by atoms with Crippen molar-refractivity contribution in [2.45, 2.75) is 25.3 Å². The summed E-state index contributed by atoms with van der Waals surface area (Å²) in [6, 6.07) is 10.1. The van der Waals surface area contributed by atoms with Crippen molar-refractivity contribution in [3.8, 4) is 17.2 Å². The van der Waals surface area contributed by atoms with Crippen LogP contribution in [0.4, 0.5) is 0 Å². The molecule has 10 heteroatoms. The molecule has 2 N–H and O–H groups in total. The second-order valence-electron chi connectivity index (χ2n) is 8.29. The summed E-state index contributed by atoms with van der Waals surface area (Å²) in [7, 11) is 4.48. The number of likely N-dealkylation sites (tertiary alicyclic amines) is 1. The van der Waals surface area contributed by atoms with E-state index in [0.717, 1.165) is 12.8 Å². The van der Waals surface area contributed by atoms with Gasteiger partial charge in [-0.15, -0.1) is 0 Å². The molecular weight excluding hydrogens is 452 g/mol. The third-order valence-electron chi connectivity index (χ3n) is 6.13. The van der Waals surface area contributed by atoms with Crippen LogP contribution in [0.1, 0.15) is 28.9 Å². The molecule has 2 amide bonds. The lowest BCUT2D eigenvalue weighted by molar-refractivity contribution is -0.131. The largest absolute Gasteiger partial charge is 0.493 e. The van der Waals surface area contributed by atoms with Crippen molar-refractivity contribution in [1.29, 1.82) is 0 Å². The van der Waals surface area contributed by atoms with Gasteiger partial charge in [-0.3, -0.25) is 14.4 Å². The first-order chi connectivity index (χ1) is 16.9. The maximum Gasteiger partial charge on any atom is 0.272 e. The molecule has 4 rings (SSSR count). The zero-order valence-electron chi connectivity index (χ0n) is 19.9. The number of aromatic amines is 1. The van der Waals surface area contributed by atoms with Crippen molar-refractivity contribution in [2.24, 2.45) is 0 Å². The molecule has 1 unspecified atom stereocenters. The fourth-order valence-corrected chi connectivity index (χ4v) is 4.36. The van der Waals surface area contributed by atoms with E-state index in [4.69, 9.17) is 14.2 Å². The topological polar surface area (TPSA) is 123 Å². The standard InChI is InChI=1S/C25H28N4O6/c1-33-20-11-15(12-21(34-2)23(20)35-3)24(31)26-16-7-6-10-29(14-16)22(30)13-19-17-8-4-5-9-18(17)25(32)28-27-19/h4-5,8-9,11-12,16H,6-7,10,13-14H2,1-3H3,(H,26,31)(H,28,32). The molecule has 1 aliphatic rings. The second-order valence-corrected chi connectivity index (χ2v) is 8.29. The number of carbonyl (C=O) groups is 2. The molecule has 3 aromatic rings. The Kier molecular flexibility index (Phi) is 7.19. The first-order valence-electron chi connectivity index (χ1n) is 11.3. The molecule has 0 spiro atoms. The van der Waals surface area contributed by atoms with Gasteiger partial charge in [-0.25, -0.2) is 5.10 Å². The van der Waals surface area contributed by atoms with Crippen LogP contribution in [-0.4, -0.2) is 67.4 Å². The number of hydrogen-bond acceptors (Lipinski definition) is 7. The van der Waals surface area contributed by atoms with Crippen LogP contribution in [0.5, 0.6) is 17.2 Å². The second kappa shape index (κ2) is 10.5. The van der Waals surface area contributed by atoms with E-state index in [1.165, 1.54) is 21.3 Å². The van der Waals surface area contributed by atoms with Crippen LogP contribution in [0.3, 0.4) is 0 Å². The SMILES string of the molecule is COc1cc(C(=O)NC2CCCN(C(=O)Cc3n[nH]c(=O)c4ccccc34)C2)cc(OC)c1OC. The number of nitrogens with one attached hydrogen (secondary N) is 2. The highest BCUT2D eigenvalue weighted by Gasteiger charge is 2.27. The fraction of sp³-hybridized carbons (Fsp3) is 0.360. The van der Waals surface area contributed by atoms with Crippen molar-refractivity contribution < 1.29 is 23.8 Å². The quantitative estimate of drug-likeness (QED) is 0.530. The molecule has 0 saturated carbocycles. The predicted octanol–water partition coefficient (Wildman–Crippen LogP) is 1.91. The van der Waals surface area contributed by atoms with Gasteiger partial charge in [0, 0.05) is 30.1 Å². The Morgan fingerprint density at radius 2 is 1.77 bits per heavy atom. The van der Waals surface area contributed by atoms with Gasteiger partial charge in [0.2, 0.25) is 11.7 Å². The number of aromatic nitrogens is 2. The van der Waals surface area contributed by atoms with E-state index in [-0.39, 0.29) is 29.8 Å². The van der Waals surface area contributed by atoms with Gasteiger partial charge in [-0.05, 0) is 31.0 Å². The Morgan fingerprint density at radius 1 is 1.09 bits per heavy atom. The van der Waals surface area contributed by atoms with Gasteiger partial charge in [-0.1, -0.05) is 18.2 Å². The highest BCUT2D eigenvalue weighted by atomic mass is 16.5. The van der Waals surface area contributed by atoms with Crippen molar-refractivity contribution in [1.82, 2.24) is 20.4 Å². The minimum atomic E-state index is -0.295. The fourth-order valence-electron chi connectivity index (χ4n) is 4.36.